The summed E-state index contributed by atoms with van der Waals surface area (Å²) < 4.78 is 0. The van der Waals surface area contributed by atoms with Crippen LogP contribution in [-0.4, -0.2) is 46.7 Å². The van der Waals surface area contributed by atoms with Crippen LogP contribution in [-0.2, 0) is 9.59 Å². The van der Waals surface area contributed by atoms with Gasteiger partial charge in [-0.2, -0.15) is 11.8 Å². The first kappa shape index (κ1) is 15.2. The van der Waals surface area contributed by atoms with E-state index in [9.17, 15) is 9.59 Å². The molecule has 0 atom stereocenters. The quantitative estimate of drug-likeness (QED) is 0.490. The molecule has 1 amide bonds. The van der Waals surface area contributed by atoms with E-state index < -0.39 is 5.97 Å². The monoisotopic (exact) mass is 249 g/mol. The fraction of sp³-hybridized carbons (Fsp3) is 0.800. The van der Waals surface area contributed by atoms with Gasteiger partial charge < -0.3 is 15.5 Å². The molecule has 94 valence electrons. The predicted octanol–water partition coefficient (Wildman–Crippen LogP) is 0.473. The molecule has 0 radical (unpaired) electrons. The Balaban J connectivity index is 3.20. The molecule has 0 saturated heterocycles. The summed E-state index contributed by atoms with van der Waals surface area (Å²) in [6.45, 7) is 0.802. The second kappa shape index (κ2) is 10.8. The fourth-order valence-electron chi connectivity index (χ4n) is 1.02. The molecule has 0 spiro atoms. The molecule has 0 aliphatic rings. The minimum absolute atomic E-state index is 0.0403. The number of aliphatic hydroxyl groups is 1. The maximum atomic E-state index is 11.2. The molecule has 0 aromatic heterocycles. The van der Waals surface area contributed by atoms with Crippen molar-refractivity contribution in [3.8, 4) is 0 Å². The minimum Gasteiger partial charge on any atom is -0.481 e. The van der Waals surface area contributed by atoms with Crippen LogP contribution in [0.5, 0.6) is 0 Å². The van der Waals surface area contributed by atoms with E-state index in [1.807, 2.05) is 0 Å². The summed E-state index contributed by atoms with van der Waals surface area (Å²) >= 11 is 1.68. The zero-order valence-corrected chi connectivity index (χ0v) is 10.1. The summed E-state index contributed by atoms with van der Waals surface area (Å²) in [5, 5.41) is 19.6. The number of carboxylic acid groups (broad SMARTS) is 1. The van der Waals surface area contributed by atoms with Crippen molar-refractivity contribution in [1.82, 2.24) is 5.32 Å². The number of hydrogen-bond donors (Lipinski definition) is 3. The molecular formula is C10H19NO4S. The zero-order valence-electron chi connectivity index (χ0n) is 9.28. The molecule has 0 bridgehead atoms. The Labute approximate surface area is 99.6 Å². The van der Waals surface area contributed by atoms with Crippen molar-refractivity contribution in [1.29, 1.82) is 0 Å². The van der Waals surface area contributed by atoms with Gasteiger partial charge in [-0.05, 0) is 18.6 Å². The van der Waals surface area contributed by atoms with Crippen molar-refractivity contribution < 1.29 is 19.8 Å². The second-order valence-corrected chi connectivity index (χ2v) is 4.51. The van der Waals surface area contributed by atoms with E-state index in [1.54, 1.807) is 11.8 Å². The average molecular weight is 249 g/mol. The van der Waals surface area contributed by atoms with Crippen molar-refractivity contribution in [2.45, 2.75) is 25.7 Å². The van der Waals surface area contributed by atoms with Gasteiger partial charge in [0.25, 0.3) is 0 Å². The van der Waals surface area contributed by atoms with Crippen LogP contribution >= 0.6 is 11.8 Å². The summed E-state index contributed by atoms with van der Waals surface area (Å²) in [7, 11) is 0. The lowest BCUT2D eigenvalue weighted by molar-refractivity contribution is -0.137. The smallest absolute Gasteiger partial charge is 0.303 e. The first-order valence-electron chi connectivity index (χ1n) is 5.34. The molecule has 0 aromatic carbocycles. The Bertz CT molecular complexity index is 211. The number of amides is 1. The van der Waals surface area contributed by atoms with Crippen LogP contribution in [0.2, 0.25) is 0 Å². The summed E-state index contributed by atoms with van der Waals surface area (Å²) in [5.74, 6) is 0.757. The first-order valence-corrected chi connectivity index (χ1v) is 6.49. The van der Waals surface area contributed by atoms with Crippen molar-refractivity contribution >= 4 is 23.6 Å². The highest BCUT2D eigenvalue weighted by molar-refractivity contribution is 7.99. The molecule has 0 aromatic rings. The number of carboxylic acids is 1. The topological polar surface area (TPSA) is 86.6 Å². The first-order chi connectivity index (χ1) is 7.66. The van der Waals surface area contributed by atoms with E-state index in [2.05, 4.69) is 5.32 Å². The third-order valence-electron chi connectivity index (χ3n) is 1.81. The third kappa shape index (κ3) is 11.3. The number of aliphatic hydroxyl groups excluding tert-OH is 1. The maximum absolute atomic E-state index is 11.2. The van der Waals surface area contributed by atoms with Crippen molar-refractivity contribution in [2.75, 3.05) is 24.7 Å². The van der Waals surface area contributed by atoms with Crippen molar-refractivity contribution in [2.24, 2.45) is 0 Å². The lowest BCUT2D eigenvalue weighted by Gasteiger charge is -2.04. The normalized spacial score (nSPS) is 10.1. The van der Waals surface area contributed by atoms with E-state index in [1.165, 1.54) is 0 Å². The highest BCUT2D eigenvalue weighted by atomic mass is 32.2. The fourth-order valence-corrected chi connectivity index (χ4v) is 1.80. The molecule has 0 fully saturated rings. The van der Waals surface area contributed by atoms with Gasteiger partial charge in [0.1, 0.15) is 0 Å². The van der Waals surface area contributed by atoms with Crippen LogP contribution in [0, 0.1) is 0 Å². The molecule has 0 unspecified atom stereocenters. The SMILES string of the molecule is O=C(O)CCCC(=O)NCCSCCCO. The van der Waals surface area contributed by atoms with Gasteiger partial charge in [-0.15, -0.1) is 0 Å². The Morgan fingerprint density at radius 3 is 2.50 bits per heavy atom. The Hall–Kier alpha value is -0.750. The summed E-state index contributed by atoms with van der Waals surface area (Å²) in [6.07, 6.45) is 1.47. The molecule has 16 heavy (non-hydrogen) atoms. The Morgan fingerprint density at radius 2 is 1.88 bits per heavy atom. The van der Waals surface area contributed by atoms with Crippen LogP contribution in [0.3, 0.4) is 0 Å². The lowest BCUT2D eigenvalue weighted by Crippen LogP contribution is -2.25. The molecule has 3 N–H and O–H groups in total. The van der Waals surface area contributed by atoms with Crippen molar-refractivity contribution in [3.05, 3.63) is 0 Å². The van der Waals surface area contributed by atoms with Crippen LogP contribution < -0.4 is 5.32 Å². The van der Waals surface area contributed by atoms with Crippen molar-refractivity contribution in [3.63, 3.8) is 0 Å². The standard InChI is InChI=1S/C10H19NO4S/c12-6-2-7-16-8-5-11-9(13)3-1-4-10(14)15/h12H,1-8H2,(H,11,13)(H,14,15). The summed E-state index contributed by atoms with van der Waals surface area (Å²) in [5.41, 5.74) is 0. The van der Waals surface area contributed by atoms with Crippen LogP contribution in [0.4, 0.5) is 0 Å². The highest BCUT2D eigenvalue weighted by Gasteiger charge is 2.02. The van der Waals surface area contributed by atoms with E-state index in [0.29, 0.717) is 13.0 Å². The van der Waals surface area contributed by atoms with Gasteiger partial charge in [0.05, 0.1) is 0 Å². The number of hydrogen-bond acceptors (Lipinski definition) is 4. The number of nitrogens with one attached hydrogen (secondary N) is 1. The molecule has 5 nitrogen and oxygen atoms in total. The number of aliphatic carboxylic acids is 1. The second-order valence-electron chi connectivity index (χ2n) is 3.29. The van der Waals surface area contributed by atoms with Gasteiger partial charge >= 0.3 is 5.97 Å². The molecular weight excluding hydrogens is 230 g/mol. The van der Waals surface area contributed by atoms with Crippen LogP contribution in [0.1, 0.15) is 25.7 Å². The van der Waals surface area contributed by atoms with Gasteiger partial charge in [0.2, 0.25) is 5.91 Å². The molecule has 6 heteroatoms. The molecule has 0 saturated carbocycles. The summed E-state index contributed by atoms with van der Waals surface area (Å²) in [4.78, 5) is 21.3. The number of carbonyl (C=O) groups is 2. The third-order valence-corrected chi connectivity index (χ3v) is 2.88. The van der Waals surface area contributed by atoms with E-state index >= 15 is 0 Å². The number of rotatable bonds is 10. The van der Waals surface area contributed by atoms with Gasteiger partial charge in [-0.3, -0.25) is 9.59 Å². The Kier molecular flexibility index (Phi) is 10.3. The van der Waals surface area contributed by atoms with E-state index in [0.717, 1.165) is 17.9 Å². The largest absolute Gasteiger partial charge is 0.481 e. The van der Waals surface area contributed by atoms with Gasteiger partial charge in [-0.1, -0.05) is 0 Å². The molecule has 0 aliphatic carbocycles. The molecule has 0 rings (SSSR count). The number of thioether (sulfide) groups is 1. The number of carbonyl (C=O) groups excluding carboxylic acids is 1. The maximum Gasteiger partial charge on any atom is 0.303 e. The lowest BCUT2D eigenvalue weighted by atomic mass is 10.2. The van der Waals surface area contributed by atoms with Gasteiger partial charge in [-0.25, -0.2) is 0 Å². The van der Waals surface area contributed by atoms with Crippen LogP contribution in [0.25, 0.3) is 0 Å². The van der Waals surface area contributed by atoms with Gasteiger partial charge in [0, 0.05) is 31.7 Å². The van der Waals surface area contributed by atoms with E-state index in [4.69, 9.17) is 10.2 Å². The predicted molar refractivity (Wildman–Crippen MR) is 63.5 cm³/mol. The highest BCUT2D eigenvalue weighted by Crippen LogP contribution is 2.00. The Morgan fingerprint density at radius 1 is 1.12 bits per heavy atom. The molecule has 0 heterocycles. The van der Waals surface area contributed by atoms with Crippen LogP contribution in [0.15, 0.2) is 0 Å². The molecule has 0 aliphatic heterocycles. The van der Waals surface area contributed by atoms with Gasteiger partial charge in [0.15, 0.2) is 0 Å². The van der Waals surface area contributed by atoms with E-state index in [-0.39, 0.29) is 25.4 Å². The zero-order chi connectivity index (χ0) is 12.2. The minimum atomic E-state index is -0.868. The average Bonchev–Trinajstić information content (AvgIpc) is 2.22. The summed E-state index contributed by atoms with van der Waals surface area (Å²) in [6, 6.07) is 0.